The lowest BCUT2D eigenvalue weighted by Crippen LogP contribution is -2.41. The van der Waals surface area contributed by atoms with Gasteiger partial charge in [0.05, 0.1) is 11.4 Å². The molecule has 7 nitrogen and oxygen atoms in total. The van der Waals surface area contributed by atoms with Gasteiger partial charge in [-0.25, -0.2) is 8.42 Å². The van der Waals surface area contributed by atoms with Crippen LogP contribution in [-0.2, 0) is 21.2 Å². The minimum Gasteiger partial charge on any atom is -0.332 e. The number of nitrogens with one attached hydrogen (secondary N) is 1. The minimum atomic E-state index is -3.59. The molecule has 2 aromatic rings. The zero-order chi connectivity index (χ0) is 23.3. The van der Waals surface area contributed by atoms with Crippen LogP contribution in [0.5, 0.6) is 0 Å². The lowest BCUT2D eigenvalue weighted by atomic mass is 10.1. The van der Waals surface area contributed by atoms with Gasteiger partial charge in [-0.1, -0.05) is 31.5 Å². The molecule has 1 atom stereocenters. The predicted molar refractivity (Wildman–Crippen MR) is 125 cm³/mol. The third kappa shape index (κ3) is 5.37. The molecule has 2 amide bonds. The number of likely N-dealkylation sites (N-methyl/N-ethyl adjacent to an activating group) is 1. The van der Waals surface area contributed by atoms with Crippen LogP contribution in [0, 0.1) is 0 Å². The van der Waals surface area contributed by atoms with E-state index in [0.29, 0.717) is 12.1 Å². The van der Waals surface area contributed by atoms with Gasteiger partial charge in [0.15, 0.2) is 0 Å². The molecule has 1 saturated heterocycles. The van der Waals surface area contributed by atoms with Gasteiger partial charge in [0.25, 0.3) is 5.91 Å². The van der Waals surface area contributed by atoms with Gasteiger partial charge < -0.3 is 10.2 Å². The summed E-state index contributed by atoms with van der Waals surface area (Å²) in [6, 6.07) is 13.5. The van der Waals surface area contributed by atoms with Crippen molar-refractivity contribution in [2.75, 3.05) is 25.5 Å². The van der Waals surface area contributed by atoms with Gasteiger partial charge in [-0.15, -0.1) is 0 Å². The Balaban J connectivity index is 1.65. The number of carbonyl (C=O) groups is 2. The molecule has 0 aromatic heterocycles. The number of amides is 2. The first-order chi connectivity index (χ1) is 15.2. The molecule has 8 heteroatoms. The number of benzene rings is 2. The Hall–Kier alpha value is -2.71. The molecular weight excluding hydrogens is 426 g/mol. The molecule has 1 heterocycles. The van der Waals surface area contributed by atoms with Gasteiger partial charge in [-0.3, -0.25) is 9.59 Å². The van der Waals surface area contributed by atoms with E-state index in [-0.39, 0.29) is 29.3 Å². The van der Waals surface area contributed by atoms with E-state index >= 15 is 0 Å². The second-order valence-corrected chi connectivity index (χ2v) is 10.1. The van der Waals surface area contributed by atoms with E-state index in [1.165, 1.54) is 33.5 Å². The Morgan fingerprint density at radius 1 is 1.09 bits per heavy atom. The highest BCUT2D eigenvalue weighted by Gasteiger charge is 2.31. The Morgan fingerprint density at radius 3 is 2.44 bits per heavy atom. The smallest absolute Gasteiger partial charge is 0.254 e. The normalized spacial score (nSPS) is 17.0. The van der Waals surface area contributed by atoms with Crippen molar-refractivity contribution < 1.29 is 18.0 Å². The maximum absolute atomic E-state index is 13.0. The van der Waals surface area contributed by atoms with Crippen LogP contribution in [0.1, 0.15) is 49.0 Å². The molecule has 0 radical (unpaired) electrons. The maximum atomic E-state index is 13.0. The van der Waals surface area contributed by atoms with Crippen LogP contribution < -0.4 is 5.32 Å². The largest absolute Gasteiger partial charge is 0.332 e. The molecule has 0 aliphatic carbocycles. The molecule has 1 fully saturated rings. The summed E-state index contributed by atoms with van der Waals surface area (Å²) >= 11 is 0. The van der Waals surface area contributed by atoms with Crippen molar-refractivity contribution >= 4 is 27.5 Å². The molecule has 1 N–H and O–H groups in total. The summed E-state index contributed by atoms with van der Waals surface area (Å²) < 4.78 is 27.5. The molecule has 3 rings (SSSR count). The highest BCUT2D eigenvalue weighted by atomic mass is 32.2. The number of piperidine rings is 1. The van der Waals surface area contributed by atoms with Gasteiger partial charge in [-0.05, 0) is 62.1 Å². The maximum Gasteiger partial charge on any atom is 0.254 e. The van der Waals surface area contributed by atoms with Crippen molar-refractivity contribution in [2.24, 2.45) is 0 Å². The SMILES string of the molecule is CCc1ccccc1NC(=O)CN(C)C(=O)c1ccc(S(=O)(=O)N2CCCCC2C)cc1. The van der Waals surface area contributed by atoms with Crippen LogP contribution in [-0.4, -0.2) is 55.6 Å². The summed E-state index contributed by atoms with van der Waals surface area (Å²) in [6.07, 6.45) is 3.53. The highest BCUT2D eigenvalue weighted by molar-refractivity contribution is 7.89. The number of para-hydroxylation sites is 1. The second-order valence-electron chi connectivity index (χ2n) is 8.21. The fourth-order valence-corrected chi connectivity index (χ4v) is 5.68. The van der Waals surface area contributed by atoms with Gasteiger partial charge in [-0.2, -0.15) is 4.31 Å². The van der Waals surface area contributed by atoms with Crippen molar-refractivity contribution in [3.8, 4) is 0 Å². The van der Waals surface area contributed by atoms with Gasteiger partial charge in [0, 0.05) is 30.9 Å². The average Bonchev–Trinajstić information content (AvgIpc) is 2.79. The Morgan fingerprint density at radius 2 is 1.78 bits per heavy atom. The van der Waals surface area contributed by atoms with Crippen LogP contribution in [0.4, 0.5) is 5.69 Å². The third-order valence-electron chi connectivity index (χ3n) is 5.85. The monoisotopic (exact) mass is 457 g/mol. The first-order valence-electron chi connectivity index (χ1n) is 11.0. The molecule has 0 bridgehead atoms. The van der Waals surface area contributed by atoms with E-state index in [4.69, 9.17) is 0 Å². The first-order valence-corrected chi connectivity index (χ1v) is 12.4. The van der Waals surface area contributed by atoms with Crippen molar-refractivity contribution in [3.05, 3.63) is 59.7 Å². The van der Waals surface area contributed by atoms with Crippen molar-refractivity contribution in [2.45, 2.75) is 50.5 Å². The summed E-state index contributed by atoms with van der Waals surface area (Å²) in [6.45, 7) is 4.34. The van der Waals surface area contributed by atoms with Gasteiger partial charge in [0.2, 0.25) is 15.9 Å². The van der Waals surface area contributed by atoms with Crippen LogP contribution in [0.2, 0.25) is 0 Å². The van der Waals surface area contributed by atoms with Gasteiger partial charge >= 0.3 is 0 Å². The summed E-state index contributed by atoms with van der Waals surface area (Å²) in [5, 5.41) is 2.85. The fraction of sp³-hybridized carbons (Fsp3) is 0.417. The molecule has 1 aliphatic rings. The topological polar surface area (TPSA) is 86.8 Å². The molecule has 1 unspecified atom stereocenters. The molecule has 0 saturated carbocycles. The number of hydrogen-bond donors (Lipinski definition) is 1. The second kappa shape index (κ2) is 10.3. The van der Waals surface area contributed by atoms with Crippen LogP contribution in [0.3, 0.4) is 0 Å². The van der Waals surface area contributed by atoms with E-state index in [1.54, 1.807) is 7.05 Å². The molecule has 1 aliphatic heterocycles. The highest BCUT2D eigenvalue weighted by Crippen LogP contribution is 2.25. The lowest BCUT2D eigenvalue weighted by Gasteiger charge is -2.32. The zero-order valence-corrected chi connectivity index (χ0v) is 19.7. The van der Waals surface area contributed by atoms with Gasteiger partial charge in [0.1, 0.15) is 0 Å². The van der Waals surface area contributed by atoms with Crippen molar-refractivity contribution in [1.82, 2.24) is 9.21 Å². The van der Waals surface area contributed by atoms with Crippen molar-refractivity contribution in [3.63, 3.8) is 0 Å². The molecular formula is C24H31N3O4S. The number of nitrogens with zero attached hydrogens (tertiary/aromatic N) is 2. The van der Waals surface area contributed by atoms with E-state index in [2.05, 4.69) is 5.32 Å². The van der Waals surface area contributed by atoms with E-state index in [9.17, 15) is 18.0 Å². The summed E-state index contributed by atoms with van der Waals surface area (Å²) in [5.74, 6) is -0.640. The Bertz CT molecular complexity index is 1070. The van der Waals surface area contributed by atoms with Crippen molar-refractivity contribution in [1.29, 1.82) is 0 Å². The van der Waals surface area contributed by atoms with E-state index in [0.717, 1.165) is 36.9 Å². The molecule has 2 aromatic carbocycles. The third-order valence-corrected chi connectivity index (χ3v) is 7.88. The average molecular weight is 458 g/mol. The number of anilines is 1. The number of aryl methyl sites for hydroxylation is 1. The standard InChI is InChI=1S/C24H31N3O4S/c1-4-19-10-5-6-11-22(19)25-23(28)17-26(3)24(29)20-12-14-21(15-13-20)32(30,31)27-16-8-7-9-18(27)2/h5-6,10-15,18H,4,7-9,16-17H2,1-3H3,(H,25,28). The molecule has 172 valence electrons. The first kappa shape index (κ1) is 23.9. The molecule has 32 heavy (non-hydrogen) atoms. The van der Waals surface area contributed by atoms with Crippen LogP contribution >= 0.6 is 0 Å². The summed E-state index contributed by atoms with van der Waals surface area (Å²) in [7, 11) is -2.04. The number of hydrogen-bond acceptors (Lipinski definition) is 4. The summed E-state index contributed by atoms with van der Waals surface area (Å²) in [4.78, 5) is 26.7. The fourth-order valence-electron chi connectivity index (χ4n) is 3.98. The quantitative estimate of drug-likeness (QED) is 0.689. The minimum absolute atomic E-state index is 0.0301. The lowest BCUT2D eigenvalue weighted by molar-refractivity contribution is -0.116. The van der Waals surface area contributed by atoms with E-state index in [1.807, 2.05) is 38.1 Å². The molecule has 0 spiro atoms. The number of carbonyl (C=O) groups excluding carboxylic acids is 2. The van der Waals surface area contributed by atoms with Crippen LogP contribution in [0.25, 0.3) is 0 Å². The summed E-state index contributed by atoms with van der Waals surface area (Å²) in [5.41, 5.74) is 2.09. The Labute approximate surface area is 190 Å². The number of rotatable bonds is 7. The van der Waals surface area contributed by atoms with E-state index < -0.39 is 10.0 Å². The zero-order valence-electron chi connectivity index (χ0n) is 18.9. The number of sulfonamides is 1. The Kier molecular flexibility index (Phi) is 7.69. The predicted octanol–water partition coefficient (Wildman–Crippen LogP) is 3.52. The van der Waals surface area contributed by atoms with Crippen LogP contribution in [0.15, 0.2) is 53.4 Å².